The molecule has 0 aromatic heterocycles. The number of cyclic esters (lactones) is 1. The van der Waals surface area contributed by atoms with Crippen molar-refractivity contribution in [2.75, 3.05) is 6.61 Å². The van der Waals surface area contributed by atoms with Crippen molar-refractivity contribution in [1.29, 1.82) is 0 Å². The molecule has 4 heteroatoms. The molecule has 17 heavy (non-hydrogen) atoms. The molecule has 1 saturated heterocycles. The Morgan fingerprint density at radius 2 is 2.24 bits per heavy atom. The van der Waals surface area contributed by atoms with E-state index >= 15 is 0 Å². The van der Waals surface area contributed by atoms with Gasteiger partial charge in [-0.15, -0.1) is 0 Å². The van der Waals surface area contributed by atoms with Crippen LogP contribution >= 0.6 is 0 Å². The molecule has 3 rings (SSSR count). The summed E-state index contributed by atoms with van der Waals surface area (Å²) < 4.78 is 10.4. The van der Waals surface area contributed by atoms with Gasteiger partial charge in [0, 0.05) is 5.92 Å². The predicted octanol–water partition coefficient (Wildman–Crippen LogP) is 1.38. The number of hydrogen-bond donors (Lipinski definition) is 0. The molecule has 5 atom stereocenters. The molecule has 1 aliphatic heterocycles. The van der Waals surface area contributed by atoms with Crippen molar-refractivity contribution in [1.82, 2.24) is 0 Å². The Morgan fingerprint density at radius 3 is 2.94 bits per heavy atom. The second-order valence-electron chi connectivity index (χ2n) is 6.16. The highest BCUT2D eigenvalue weighted by Crippen LogP contribution is 2.62. The lowest BCUT2D eigenvalue weighted by Gasteiger charge is -2.34. The molecule has 3 fully saturated rings. The maximum absolute atomic E-state index is 11.9. The fraction of sp³-hybridized carbons (Fsp3) is 0.846. The van der Waals surface area contributed by atoms with Gasteiger partial charge in [0.25, 0.3) is 6.47 Å². The summed E-state index contributed by atoms with van der Waals surface area (Å²) in [5.41, 5.74) is -0.346. The van der Waals surface area contributed by atoms with E-state index in [1.807, 2.05) is 13.8 Å². The van der Waals surface area contributed by atoms with Gasteiger partial charge in [-0.3, -0.25) is 9.59 Å². The molecule has 5 unspecified atom stereocenters. The van der Waals surface area contributed by atoms with Crippen LogP contribution in [0.25, 0.3) is 0 Å². The molecule has 0 aromatic rings. The summed E-state index contributed by atoms with van der Waals surface area (Å²) >= 11 is 0. The van der Waals surface area contributed by atoms with Crippen LogP contribution < -0.4 is 0 Å². The Morgan fingerprint density at radius 1 is 1.47 bits per heavy atom. The predicted molar refractivity (Wildman–Crippen MR) is 58.9 cm³/mol. The maximum atomic E-state index is 11.9. The van der Waals surface area contributed by atoms with Gasteiger partial charge in [0.05, 0.1) is 12.5 Å². The summed E-state index contributed by atoms with van der Waals surface area (Å²) in [6.45, 7) is 5.03. The van der Waals surface area contributed by atoms with Gasteiger partial charge in [0.1, 0.15) is 5.60 Å². The van der Waals surface area contributed by atoms with E-state index in [1.54, 1.807) is 0 Å². The quantitative estimate of drug-likeness (QED) is 0.550. The second-order valence-corrected chi connectivity index (χ2v) is 6.16. The third-order valence-electron chi connectivity index (χ3n) is 4.96. The lowest BCUT2D eigenvalue weighted by atomic mass is 9.69. The van der Waals surface area contributed by atoms with E-state index in [9.17, 15) is 9.59 Å². The molecular weight excluding hydrogens is 220 g/mol. The number of hydrogen-bond acceptors (Lipinski definition) is 4. The number of carbonyl (C=O) groups excluding carboxylic acids is 2. The van der Waals surface area contributed by atoms with Crippen molar-refractivity contribution >= 4 is 12.4 Å². The summed E-state index contributed by atoms with van der Waals surface area (Å²) in [5, 5.41) is 0. The Hall–Kier alpha value is -1.06. The largest absolute Gasteiger partial charge is 0.468 e. The summed E-state index contributed by atoms with van der Waals surface area (Å²) in [5.74, 6) is 1.74. The maximum Gasteiger partial charge on any atom is 0.310 e. The summed E-state index contributed by atoms with van der Waals surface area (Å²) in [6.07, 6.45) is 2.10. The molecule has 3 aliphatic rings. The Kier molecular flexibility index (Phi) is 2.25. The first-order chi connectivity index (χ1) is 8.04. The van der Waals surface area contributed by atoms with Gasteiger partial charge in [0.15, 0.2) is 0 Å². The molecular formula is C13H18O4. The summed E-state index contributed by atoms with van der Waals surface area (Å²) in [7, 11) is 0. The van der Waals surface area contributed by atoms with E-state index in [4.69, 9.17) is 9.47 Å². The highest BCUT2D eigenvalue weighted by molar-refractivity contribution is 5.77. The van der Waals surface area contributed by atoms with Crippen LogP contribution in [-0.4, -0.2) is 24.6 Å². The van der Waals surface area contributed by atoms with Crippen LogP contribution in [0.2, 0.25) is 0 Å². The van der Waals surface area contributed by atoms with Crippen molar-refractivity contribution in [2.24, 2.45) is 29.6 Å². The second kappa shape index (κ2) is 3.47. The van der Waals surface area contributed by atoms with E-state index in [2.05, 4.69) is 0 Å². The number of fused-ring (bicyclic) bond motifs is 5. The Bertz CT molecular complexity index is 362. The molecule has 2 saturated carbocycles. The number of rotatable bonds is 3. The molecule has 4 nitrogen and oxygen atoms in total. The zero-order valence-corrected chi connectivity index (χ0v) is 10.2. The van der Waals surface area contributed by atoms with Gasteiger partial charge in [-0.05, 0) is 44.4 Å². The molecule has 2 bridgehead atoms. The average Bonchev–Trinajstić information content (AvgIpc) is 2.87. The van der Waals surface area contributed by atoms with Gasteiger partial charge >= 0.3 is 5.97 Å². The lowest BCUT2D eigenvalue weighted by molar-refractivity contribution is -0.150. The molecule has 0 radical (unpaired) electrons. The minimum atomic E-state index is -0.346. The van der Waals surface area contributed by atoms with Gasteiger partial charge in [-0.2, -0.15) is 0 Å². The number of ether oxygens (including phenoxy) is 2. The zero-order valence-electron chi connectivity index (χ0n) is 10.2. The first-order valence-electron chi connectivity index (χ1n) is 6.32. The molecule has 1 heterocycles. The van der Waals surface area contributed by atoms with Crippen molar-refractivity contribution in [3.8, 4) is 0 Å². The number of esters is 1. The van der Waals surface area contributed by atoms with E-state index in [0.29, 0.717) is 36.8 Å². The van der Waals surface area contributed by atoms with Crippen molar-refractivity contribution in [3.05, 3.63) is 0 Å². The zero-order chi connectivity index (χ0) is 12.2. The van der Waals surface area contributed by atoms with Gasteiger partial charge < -0.3 is 9.47 Å². The molecule has 0 N–H and O–H groups in total. The smallest absolute Gasteiger partial charge is 0.310 e. The third-order valence-corrected chi connectivity index (χ3v) is 4.96. The Balaban J connectivity index is 1.82. The van der Waals surface area contributed by atoms with Gasteiger partial charge in [0.2, 0.25) is 0 Å². The first kappa shape index (κ1) is 11.1. The number of carbonyl (C=O) groups is 2. The highest BCUT2D eigenvalue weighted by Gasteiger charge is 2.65. The molecule has 0 amide bonds. The third kappa shape index (κ3) is 1.42. The van der Waals surface area contributed by atoms with Crippen LogP contribution in [0.1, 0.15) is 26.7 Å². The normalized spacial score (nSPS) is 45.5. The van der Waals surface area contributed by atoms with Crippen LogP contribution in [0.3, 0.4) is 0 Å². The fourth-order valence-corrected chi connectivity index (χ4v) is 4.53. The van der Waals surface area contributed by atoms with Crippen molar-refractivity contribution in [3.63, 3.8) is 0 Å². The van der Waals surface area contributed by atoms with Gasteiger partial charge in [-0.25, -0.2) is 0 Å². The van der Waals surface area contributed by atoms with Crippen LogP contribution in [-0.2, 0) is 19.1 Å². The SMILES string of the molecule is CC1(C)OC(=O)C2C3CC(COC=O)C(C3)C21. The highest BCUT2D eigenvalue weighted by atomic mass is 16.6. The minimum absolute atomic E-state index is 0.0118. The van der Waals surface area contributed by atoms with E-state index in [0.717, 1.165) is 12.8 Å². The van der Waals surface area contributed by atoms with Crippen molar-refractivity contribution < 1.29 is 19.1 Å². The lowest BCUT2D eigenvalue weighted by Crippen LogP contribution is -2.38. The van der Waals surface area contributed by atoms with E-state index in [-0.39, 0.29) is 17.5 Å². The standard InChI is InChI=1S/C13H18O4/c1-13(2)11-9-4-7(10(11)12(15)17-13)3-8(9)5-16-6-14/h6-11H,3-5H2,1-2H3. The minimum Gasteiger partial charge on any atom is -0.468 e. The topological polar surface area (TPSA) is 52.6 Å². The van der Waals surface area contributed by atoms with E-state index in [1.165, 1.54) is 0 Å². The molecule has 0 spiro atoms. The van der Waals surface area contributed by atoms with Crippen LogP contribution in [0.4, 0.5) is 0 Å². The average molecular weight is 238 g/mol. The molecule has 94 valence electrons. The Labute approximate surface area is 101 Å². The van der Waals surface area contributed by atoms with Crippen molar-refractivity contribution in [2.45, 2.75) is 32.3 Å². The monoisotopic (exact) mass is 238 g/mol. The van der Waals surface area contributed by atoms with Crippen LogP contribution in [0.15, 0.2) is 0 Å². The summed E-state index contributed by atoms with van der Waals surface area (Å²) in [6, 6.07) is 0. The fourth-order valence-electron chi connectivity index (χ4n) is 4.53. The molecule has 0 aromatic carbocycles. The first-order valence-corrected chi connectivity index (χ1v) is 6.32. The van der Waals surface area contributed by atoms with Crippen LogP contribution in [0.5, 0.6) is 0 Å². The van der Waals surface area contributed by atoms with Crippen LogP contribution in [0, 0.1) is 29.6 Å². The molecule has 2 aliphatic carbocycles. The summed E-state index contributed by atoms with van der Waals surface area (Å²) in [4.78, 5) is 22.1. The van der Waals surface area contributed by atoms with E-state index < -0.39 is 0 Å². The van der Waals surface area contributed by atoms with Gasteiger partial charge in [-0.1, -0.05) is 0 Å².